The number of hydrogen-bond donors (Lipinski definition) is 5. The molecule has 258 valence electrons. The third kappa shape index (κ3) is 11.2. The number of hydrogen-bond acceptors (Lipinski definition) is 6. The maximum absolute atomic E-state index is 14.7. The summed E-state index contributed by atoms with van der Waals surface area (Å²) in [6.45, 7) is 6.27. The third-order valence-electron chi connectivity index (χ3n) is 8.04. The van der Waals surface area contributed by atoms with Gasteiger partial charge in [-0.3, -0.25) is 9.59 Å². The number of amides is 3. The minimum Gasteiger partial charge on any atom is -0.480 e. The summed E-state index contributed by atoms with van der Waals surface area (Å²) in [5, 5.41) is 29.4. The normalized spacial score (nSPS) is 13.8. The fourth-order valence-electron chi connectivity index (χ4n) is 5.59. The van der Waals surface area contributed by atoms with Crippen molar-refractivity contribution in [1.82, 2.24) is 16.0 Å². The highest BCUT2D eigenvalue weighted by Crippen LogP contribution is 2.31. The Morgan fingerprint density at radius 2 is 1.48 bits per heavy atom. The smallest absolute Gasteiger partial charge is 0.407 e. The highest BCUT2D eigenvalue weighted by atomic mass is 16.6. The molecule has 0 aliphatic heterocycles. The number of nitrogens with one attached hydrogen (secondary N) is 3. The van der Waals surface area contributed by atoms with Gasteiger partial charge < -0.3 is 30.9 Å². The van der Waals surface area contributed by atoms with E-state index in [0.29, 0.717) is 17.5 Å². The van der Waals surface area contributed by atoms with Crippen molar-refractivity contribution < 1.29 is 34.1 Å². The highest BCUT2D eigenvalue weighted by Gasteiger charge is 2.48. The Labute approximate surface area is 283 Å². The Morgan fingerprint density at radius 1 is 0.854 bits per heavy atom. The largest absolute Gasteiger partial charge is 0.480 e. The molecule has 3 atom stereocenters. The molecule has 0 aliphatic rings. The predicted octanol–water partition coefficient (Wildman–Crippen LogP) is 5.28. The molecule has 0 radical (unpaired) electrons. The average Bonchev–Trinajstić information content (AvgIpc) is 3.05. The summed E-state index contributed by atoms with van der Waals surface area (Å²) in [6, 6.07) is 24.5. The number of benzene rings is 3. The van der Waals surface area contributed by atoms with Crippen LogP contribution in [-0.2, 0) is 32.0 Å². The molecule has 3 rings (SSSR count). The number of aliphatic carboxylic acids is 1. The summed E-state index contributed by atoms with van der Waals surface area (Å²) in [5.74, 6) is -3.56. The molecule has 0 aromatic heterocycles. The minimum atomic E-state index is -1.89. The van der Waals surface area contributed by atoms with Crippen molar-refractivity contribution >= 4 is 23.9 Å². The summed E-state index contributed by atoms with van der Waals surface area (Å²) in [7, 11) is 0. The number of aliphatic hydroxyl groups is 1. The van der Waals surface area contributed by atoms with E-state index >= 15 is 0 Å². The molecule has 0 bridgehead atoms. The fraction of sp³-hybridized carbons (Fsp3) is 0.421. The first-order valence-corrected chi connectivity index (χ1v) is 16.5. The molecule has 0 saturated heterocycles. The highest BCUT2D eigenvalue weighted by molar-refractivity contribution is 5.95. The summed E-state index contributed by atoms with van der Waals surface area (Å²) in [6.07, 6.45) is 1.49. The van der Waals surface area contributed by atoms with Gasteiger partial charge >= 0.3 is 12.1 Å². The van der Waals surface area contributed by atoms with E-state index in [9.17, 15) is 29.4 Å². The molecular formula is C38H49N3O7. The fourth-order valence-corrected chi connectivity index (χ4v) is 5.59. The lowest BCUT2D eigenvalue weighted by atomic mass is 9.76. The summed E-state index contributed by atoms with van der Waals surface area (Å²) >= 11 is 0. The molecule has 0 aliphatic carbocycles. The Balaban J connectivity index is 2.15. The second-order valence-electron chi connectivity index (χ2n) is 13.0. The van der Waals surface area contributed by atoms with E-state index in [2.05, 4.69) is 16.0 Å². The zero-order valence-corrected chi connectivity index (χ0v) is 28.3. The first-order valence-electron chi connectivity index (χ1n) is 16.5. The Morgan fingerprint density at radius 3 is 2.08 bits per heavy atom. The van der Waals surface area contributed by atoms with Gasteiger partial charge in [0.15, 0.2) is 0 Å². The van der Waals surface area contributed by atoms with E-state index in [1.54, 1.807) is 45.0 Å². The molecule has 0 fully saturated rings. The summed E-state index contributed by atoms with van der Waals surface area (Å²) in [4.78, 5) is 53.6. The standard InChI is InChI=1S/C38H49N3O7/c1-5-6-9-22-33(43)41-38(30(26-42)25-39-36(47)48-37(2,3)4,24-29-20-14-15-21-31(29)28-18-12-8-13-19-28)35(46)40-32(34(44)45)23-27-16-10-7-11-17-27/h7-8,10-21,30,32,42H,5-6,9,22-26H2,1-4H3,(H,39,47)(H,40,46)(H,41,43)(H,44,45). The van der Waals surface area contributed by atoms with E-state index in [1.165, 1.54) is 0 Å². The molecule has 0 saturated carbocycles. The van der Waals surface area contributed by atoms with Crippen LogP contribution in [-0.4, -0.2) is 64.4 Å². The molecule has 3 unspecified atom stereocenters. The van der Waals surface area contributed by atoms with Gasteiger partial charge in [0, 0.05) is 31.7 Å². The van der Waals surface area contributed by atoms with Crippen LogP contribution in [0.4, 0.5) is 4.79 Å². The lowest BCUT2D eigenvalue weighted by Gasteiger charge is -2.41. The molecule has 3 aromatic carbocycles. The van der Waals surface area contributed by atoms with Gasteiger partial charge in [-0.2, -0.15) is 0 Å². The van der Waals surface area contributed by atoms with Crippen LogP contribution < -0.4 is 16.0 Å². The number of carbonyl (C=O) groups excluding carboxylic acids is 3. The molecule has 0 spiro atoms. The number of ether oxygens (including phenoxy) is 1. The molecular weight excluding hydrogens is 610 g/mol. The molecule has 48 heavy (non-hydrogen) atoms. The van der Waals surface area contributed by atoms with Gasteiger partial charge in [-0.15, -0.1) is 0 Å². The van der Waals surface area contributed by atoms with Gasteiger partial charge in [0.2, 0.25) is 11.8 Å². The monoisotopic (exact) mass is 659 g/mol. The number of carboxylic acids is 1. The minimum absolute atomic E-state index is 0.0109. The van der Waals surface area contributed by atoms with Gasteiger partial charge in [-0.05, 0) is 49.4 Å². The first-order chi connectivity index (χ1) is 22.9. The molecule has 3 aromatic rings. The number of rotatable bonds is 17. The zero-order valence-electron chi connectivity index (χ0n) is 28.3. The maximum Gasteiger partial charge on any atom is 0.407 e. The van der Waals surface area contributed by atoms with Crippen molar-refractivity contribution in [3.63, 3.8) is 0 Å². The van der Waals surface area contributed by atoms with Crippen LogP contribution >= 0.6 is 0 Å². The number of aliphatic hydroxyl groups excluding tert-OH is 1. The number of carbonyl (C=O) groups is 4. The van der Waals surface area contributed by atoms with Crippen LogP contribution in [0.25, 0.3) is 11.1 Å². The van der Waals surface area contributed by atoms with Crippen molar-refractivity contribution in [1.29, 1.82) is 0 Å². The maximum atomic E-state index is 14.7. The lowest BCUT2D eigenvalue weighted by molar-refractivity contribution is -0.144. The first kappa shape index (κ1) is 37.8. The van der Waals surface area contributed by atoms with Crippen molar-refractivity contribution in [2.75, 3.05) is 13.2 Å². The van der Waals surface area contributed by atoms with Crippen LogP contribution in [0.5, 0.6) is 0 Å². The van der Waals surface area contributed by atoms with Gasteiger partial charge in [0.1, 0.15) is 17.2 Å². The summed E-state index contributed by atoms with van der Waals surface area (Å²) < 4.78 is 5.41. The van der Waals surface area contributed by atoms with Crippen molar-refractivity contribution in [3.8, 4) is 11.1 Å². The van der Waals surface area contributed by atoms with E-state index in [-0.39, 0.29) is 25.8 Å². The van der Waals surface area contributed by atoms with Gasteiger partial charge in [0.05, 0.1) is 6.61 Å². The van der Waals surface area contributed by atoms with Crippen LogP contribution in [0.3, 0.4) is 0 Å². The second kappa shape index (κ2) is 18.0. The average molecular weight is 660 g/mol. The van der Waals surface area contributed by atoms with Crippen LogP contribution in [0, 0.1) is 5.92 Å². The van der Waals surface area contributed by atoms with Gasteiger partial charge in [0.25, 0.3) is 0 Å². The predicted molar refractivity (Wildman–Crippen MR) is 185 cm³/mol. The van der Waals surface area contributed by atoms with Crippen LogP contribution in [0.2, 0.25) is 0 Å². The Bertz CT molecular complexity index is 1490. The summed E-state index contributed by atoms with van der Waals surface area (Å²) in [5.41, 5.74) is 0.351. The van der Waals surface area contributed by atoms with E-state index in [0.717, 1.165) is 24.0 Å². The quantitative estimate of drug-likeness (QED) is 0.124. The second-order valence-corrected chi connectivity index (χ2v) is 13.0. The van der Waals surface area contributed by atoms with Gasteiger partial charge in [-0.25, -0.2) is 9.59 Å². The molecule has 10 nitrogen and oxygen atoms in total. The van der Waals surface area contributed by atoms with E-state index in [1.807, 2.05) is 67.6 Å². The zero-order chi connectivity index (χ0) is 35.2. The number of carboxylic acid groups (broad SMARTS) is 1. The van der Waals surface area contributed by atoms with Crippen molar-refractivity contribution in [2.24, 2.45) is 5.92 Å². The molecule has 10 heteroatoms. The number of alkyl carbamates (subject to hydrolysis) is 1. The third-order valence-corrected chi connectivity index (χ3v) is 8.04. The van der Waals surface area contributed by atoms with Crippen molar-refractivity contribution in [2.45, 2.75) is 83.4 Å². The lowest BCUT2D eigenvalue weighted by Crippen LogP contribution is -2.68. The van der Waals surface area contributed by atoms with Crippen LogP contribution in [0.1, 0.15) is 64.5 Å². The number of unbranched alkanes of at least 4 members (excludes halogenated alkanes) is 2. The van der Waals surface area contributed by atoms with E-state index in [4.69, 9.17) is 4.74 Å². The Hall–Kier alpha value is -4.70. The molecule has 0 heterocycles. The van der Waals surface area contributed by atoms with E-state index < -0.39 is 53.6 Å². The SMILES string of the molecule is CCCCCC(=O)NC(Cc1ccccc1-c1ccccc1)(C(=O)NC(Cc1ccccc1)C(=O)O)C(CO)CNC(=O)OC(C)(C)C. The molecule has 3 amide bonds. The van der Waals surface area contributed by atoms with Crippen molar-refractivity contribution in [3.05, 3.63) is 96.1 Å². The topological polar surface area (TPSA) is 154 Å². The van der Waals surface area contributed by atoms with Gasteiger partial charge in [-0.1, -0.05) is 105 Å². The molecule has 5 N–H and O–H groups in total. The van der Waals surface area contributed by atoms with Crippen LogP contribution in [0.15, 0.2) is 84.9 Å². The Kier molecular flexibility index (Phi) is 14.2.